The monoisotopic (exact) mass is 415 g/mol. The standard InChI is InChI=1S/C16H16Br2FNO/c1-2-7-21-16-6-3-12(17)8-11(16)10-20-13-4-5-14(18)15(19)9-13/h3-6,8-9,20H,2,7,10H2,1H3. The van der Waals surface area contributed by atoms with E-state index in [1.54, 1.807) is 6.07 Å². The second-order valence-corrected chi connectivity index (χ2v) is 6.35. The van der Waals surface area contributed by atoms with Gasteiger partial charge in [-0.05, 0) is 58.7 Å². The third-order valence-electron chi connectivity index (χ3n) is 2.89. The largest absolute Gasteiger partial charge is 0.493 e. The van der Waals surface area contributed by atoms with Crippen LogP contribution < -0.4 is 10.1 Å². The van der Waals surface area contributed by atoms with E-state index in [2.05, 4.69) is 44.1 Å². The number of nitrogens with one attached hydrogen (secondary N) is 1. The molecule has 0 fully saturated rings. The van der Waals surface area contributed by atoms with Crippen LogP contribution in [-0.2, 0) is 6.54 Å². The average molecular weight is 417 g/mol. The molecule has 2 nitrogen and oxygen atoms in total. The van der Waals surface area contributed by atoms with E-state index in [0.29, 0.717) is 17.6 Å². The van der Waals surface area contributed by atoms with Crippen LogP contribution in [-0.4, -0.2) is 6.61 Å². The summed E-state index contributed by atoms with van der Waals surface area (Å²) in [6.07, 6.45) is 0.959. The summed E-state index contributed by atoms with van der Waals surface area (Å²) in [6.45, 7) is 3.32. The lowest BCUT2D eigenvalue weighted by Gasteiger charge is -2.13. The van der Waals surface area contributed by atoms with Gasteiger partial charge in [0.15, 0.2) is 0 Å². The van der Waals surface area contributed by atoms with Crippen LogP contribution in [0.4, 0.5) is 10.1 Å². The quantitative estimate of drug-likeness (QED) is 0.647. The van der Waals surface area contributed by atoms with Crippen LogP contribution in [0.15, 0.2) is 45.3 Å². The summed E-state index contributed by atoms with van der Waals surface area (Å²) in [5.41, 5.74) is 1.76. The smallest absolute Gasteiger partial charge is 0.139 e. The summed E-state index contributed by atoms with van der Waals surface area (Å²) in [6, 6.07) is 10.9. The summed E-state index contributed by atoms with van der Waals surface area (Å²) in [5, 5.41) is 3.21. The molecule has 2 aromatic rings. The number of hydrogen-bond acceptors (Lipinski definition) is 2. The molecular weight excluding hydrogens is 401 g/mol. The van der Waals surface area contributed by atoms with Gasteiger partial charge in [0.05, 0.1) is 11.1 Å². The Morgan fingerprint density at radius 1 is 1.14 bits per heavy atom. The van der Waals surface area contributed by atoms with Gasteiger partial charge in [-0.15, -0.1) is 0 Å². The molecule has 0 spiro atoms. The first-order valence-electron chi connectivity index (χ1n) is 6.70. The van der Waals surface area contributed by atoms with Gasteiger partial charge in [0.2, 0.25) is 0 Å². The third kappa shape index (κ3) is 4.71. The van der Waals surface area contributed by atoms with Crippen molar-refractivity contribution >= 4 is 37.5 Å². The molecule has 112 valence electrons. The number of benzene rings is 2. The fourth-order valence-corrected chi connectivity index (χ4v) is 2.50. The SMILES string of the molecule is CCCOc1ccc(Br)cc1CNc1ccc(Br)c(F)c1. The molecule has 5 heteroatoms. The Balaban J connectivity index is 2.10. The Hall–Kier alpha value is -1.07. The van der Waals surface area contributed by atoms with Gasteiger partial charge < -0.3 is 10.1 Å². The highest BCUT2D eigenvalue weighted by Crippen LogP contribution is 2.25. The van der Waals surface area contributed by atoms with E-state index >= 15 is 0 Å². The second-order valence-electron chi connectivity index (χ2n) is 4.58. The first kappa shape index (κ1) is 16.3. The topological polar surface area (TPSA) is 21.3 Å². The highest BCUT2D eigenvalue weighted by Gasteiger charge is 2.06. The van der Waals surface area contributed by atoms with Gasteiger partial charge in [-0.2, -0.15) is 0 Å². The van der Waals surface area contributed by atoms with Gasteiger partial charge >= 0.3 is 0 Å². The Kier molecular flexibility index (Phi) is 6.06. The Labute approximate surface area is 141 Å². The normalized spacial score (nSPS) is 10.5. The van der Waals surface area contributed by atoms with E-state index in [0.717, 1.165) is 27.9 Å². The molecular formula is C16H16Br2FNO. The zero-order chi connectivity index (χ0) is 15.2. The zero-order valence-electron chi connectivity index (χ0n) is 11.6. The van der Waals surface area contributed by atoms with Crippen LogP contribution in [0.3, 0.4) is 0 Å². The van der Waals surface area contributed by atoms with Crippen LogP contribution in [0.2, 0.25) is 0 Å². The van der Waals surface area contributed by atoms with Crippen LogP contribution in [0.5, 0.6) is 5.75 Å². The molecule has 0 bridgehead atoms. The fourth-order valence-electron chi connectivity index (χ4n) is 1.84. The lowest BCUT2D eigenvalue weighted by atomic mass is 10.2. The van der Waals surface area contributed by atoms with E-state index in [9.17, 15) is 4.39 Å². The van der Waals surface area contributed by atoms with Crippen molar-refractivity contribution in [1.29, 1.82) is 0 Å². The van der Waals surface area contributed by atoms with Crippen molar-refractivity contribution in [2.24, 2.45) is 0 Å². The van der Waals surface area contributed by atoms with Crippen molar-refractivity contribution in [3.05, 3.63) is 56.7 Å². The number of rotatable bonds is 6. The first-order chi connectivity index (χ1) is 10.1. The van der Waals surface area contributed by atoms with E-state index in [1.165, 1.54) is 6.07 Å². The summed E-state index contributed by atoms with van der Waals surface area (Å²) >= 11 is 6.61. The van der Waals surface area contributed by atoms with E-state index in [1.807, 2.05) is 24.3 Å². The molecule has 0 aliphatic carbocycles. The van der Waals surface area contributed by atoms with Crippen molar-refractivity contribution in [3.8, 4) is 5.75 Å². The van der Waals surface area contributed by atoms with Gasteiger partial charge in [0, 0.05) is 22.3 Å². The van der Waals surface area contributed by atoms with Crippen molar-refractivity contribution in [1.82, 2.24) is 0 Å². The van der Waals surface area contributed by atoms with E-state index in [4.69, 9.17) is 4.74 Å². The maximum atomic E-state index is 13.5. The predicted molar refractivity (Wildman–Crippen MR) is 91.4 cm³/mol. The molecule has 0 amide bonds. The maximum Gasteiger partial charge on any atom is 0.139 e. The minimum Gasteiger partial charge on any atom is -0.493 e. The van der Waals surface area contributed by atoms with Crippen LogP contribution in [0.1, 0.15) is 18.9 Å². The molecule has 21 heavy (non-hydrogen) atoms. The van der Waals surface area contributed by atoms with Gasteiger partial charge in [-0.1, -0.05) is 22.9 Å². The molecule has 2 aromatic carbocycles. The first-order valence-corrected chi connectivity index (χ1v) is 8.29. The Morgan fingerprint density at radius 2 is 1.95 bits per heavy atom. The molecule has 0 saturated heterocycles. The molecule has 0 heterocycles. The molecule has 0 radical (unpaired) electrons. The molecule has 0 aliphatic heterocycles. The van der Waals surface area contributed by atoms with E-state index in [-0.39, 0.29) is 5.82 Å². The summed E-state index contributed by atoms with van der Waals surface area (Å²) in [4.78, 5) is 0. The average Bonchev–Trinajstić information content (AvgIpc) is 2.47. The van der Waals surface area contributed by atoms with Gasteiger partial charge in [0.25, 0.3) is 0 Å². The number of hydrogen-bond donors (Lipinski definition) is 1. The number of halogens is 3. The third-order valence-corrected chi connectivity index (χ3v) is 4.02. The van der Waals surface area contributed by atoms with Gasteiger partial charge in [-0.3, -0.25) is 0 Å². The summed E-state index contributed by atoms with van der Waals surface area (Å²) in [7, 11) is 0. The predicted octanol–water partition coefficient (Wildman–Crippen LogP) is 5.75. The summed E-state index contributed by atoms with van der Waals surface area (Å²) in [5.74, 6) is 0.571. The Morgan fingerprint density at radius 3 is 2.67 bits per heavy atom. The molecule has 0 aromatic heterocycles. The molecule has 0 atom stereocenters. The molecule has 0 unspecified atom stereocenters. The molecule has 1 N–H and O–H groups in total. The zero-order valence-corrected chi connectivity index (χ0v) is 14.8. The minimum absolute atomic E-state index is 0.281. The Bertz CT molecular complexity index is 619. The van der Waals surface area contributed by atoms with Crippen molar-refractivity contribution in [2.75, 3.05) is 11.9 Å². The minimum atomic E-state index is -0.281. The van der Waals surface area contributed by atoms with Crippen molar-refractivity contribution < 1.29 is 9.13 Å². The van der Waals surface area contributed by atoms with Crippen molar-refractivity contribution in [2.45, 2.75) is 19.9 Å². The van der Waals surface area contributed by atoms with Crippen LogP contribution in [0, 0.1) is 5.82 Å². The molecule has 0 saturated carbocycles. The van der Waals surface area contributed by atoms with Crippen LogP contribution >= 0.6 is 31.9 Å². The lowest BCUT2D eigenvalue weighted by molar-refractivity contribution is 0.314. The van der Waals surface area contributed by atoms with Gasteiger partial charge in [-0.25, -0.2) is 4.39 Å². The van der Waals surface area contributed by atoms with Crippen molar-refractivity contribution in [3.63, 3.8) is 0 Å². The highest BCUT2D eigenvalue weighted by molar-refractivity contribution is 9.10. The molecule has 2 rings (SSSR count). The van der Waals surface area contributed by atoms with E-state index < -0.39 is 0 Å². The highest BCUT2D eigenvalue weighted by atomic mass is 79.9. The number of anilines is 1. The second kappa shape index (κ2) is 7.80. The number of ether oxygens (including phenoxy) is 1. The van der Waals surface area contributed by atoms with Crippen LogP contribution in [0.25, 0.3) is 0 Å². The molecule has 0 aliphatic rings. The fraction of sp³-hybridized carbons (Fsp3) is 0.250. The van der Waals surface area contributed by atoms with Gasteiger partial charge in [0.1, 0.15) is 11.6 Å². The lowest BCUT2D eigenvalue weighted by Crippen LogP contribution is -2.04. The maximum absolute atomic E-state index is 13.5. The summed E-state index contributed by atoms with van der Waals surface area (Å²) < 4.78 is 20.7.